The van der Waals surface area contributed by atoms with Crippen LogP contribution >= 0.6 is 11.6 Å². The zero-order valence-electron chi connectivity index (χ0n) is 28.4. The SMILES string of the molecule is O=C(NCCCNC(=O)c1cc(-c2ccccc2)n[nH]1)c1cncc(-c2ccc(-c3cc(C(=O)NCCCNC(=O)c4cc(Cl)ccn4)[nH]n3)cc2)c1. The van der Waals surface area contributed by atoms with Crippen LogP contribution in [0.15, 0.2) is 104 Å². The van der Waals surface area contributed by atoms with Crippen molar-refractivity contribution in [2.45, 2.75) is 12.8 Å². The minimum Gasteiger partial charge on any atom is -0.352 e. The van der Waals surface area contributed by atoms with Crippen LogP contribution in [0.5, 0.6) is 0 Å². The minimum atomic E-state index is -0.339. The molecule has 0 atom stereocenters. The molecule has 0 radical (unpaired) electrons. The predicted molar refractivity (Wildman–Crippen MR) is 199 cm³/mol. The Morgan fingerprint density at radius 2 is 1.11 bits per heavy atom. The molecular formula is C38H35ClN10O4. The number of carbonyl (C=O) groups is 4. The molecule has 4 heterocycles. The van der Waals surface area contributed by atoms with E-state index in [0.717, 1.165) is 22.3 Å². The number of H-pyrrole nitrogens is 2. The van der Waals surface area contributed by atoms with Crippen molar-refractivity contribution in [3.05, 3.63) is 131 Å². The molecule has 53 heavy (non-hydrogen) atoms. The first-order valence-electron chi connectivity index (χ1n) is 16.8. The summed E-state index contributed by atoms with van der Waals surface area (Å²) in [5.74, 6) is -1.20. The first-order valence-corrected chi connectivity index (χ1v) is 17.2. The molecule has 6 aromatic rings. The summed E-state index contributed by atoms with van der Waals surface area (Å²) in [6, 6.07) is 25.3. The average Bonchev–Trinajstić information content (AvgIpc) is 3.90. The van der Waals surface area contributed by atoms with Crippen LogP contribution in [0, 0.1) is 0 Å². The van der Waals surface area contributed by atoms with Crippen molar-refractivity contribution in [3.63, 3.8) is 0 Å². The molecule has 0 spiro atoms. The van der Waals surface area contributed by atoms with Crippen LogP contribution in [-0.4, -0.2) is 80.2 Å². The van der Waals surface area contributed by atoms with Crippen LogP contribution in [0.3, 0.4) is 0 Å². The molecule has 0 unspecified atom stereocenters. The fourth-order valence-electron chi connectivity index (χ4n) is 5.23. The van der Waals surface area contributed by atoms with Crippen molar-refractivity contribution in [1.82, 2.24) is 51.6 Å². The lowest BCUT2D eigenvalue weighted by atomic mass is 10.0. The van der Waals surface area contributed by atoms with Gasteiger partial charge in [-0.1, -0.05) is 66.2 Å². The molecule has 0 saturated heterocycles. The number of benzene rings is 2. The Bertz CT molecular complexity index is 2200. The third-order valence-corrected chi connectivity index (χ3v) is 8.27. The van der Waals surface area contributed by atoms with Gasteiger partial charge in [-0.25, -0.2) is 0 Å². The molecule has 0 aliphatic heterocycles. The molecule has 6 rings (SSSR count). The molecule has 0 aliphatic carbocycles. The Balaban J connectivity index is 0.922. The number of rotatable bonds is 15. The Kier molecular flexibility index (Phi) is 11.9. The summed E-state index contributed by atoms with van der Waals surface area (Å²) in [5, 5.41) is 25.7. The van der Waals surface area contributed by atoms with Crippen molar-refractivity contribution in [3.8, 4) is 33.6 Å². The summed E-state index contributed by atoms with van der Waals surface area (Å²) in [5.41, 5.74) is 5.88. The normalized spacial score (nSPS) is 10.7. The fraction of sp³-hybridized carbons (Fsp3) is 0.158. The number of aromatic amines is 2. The number of hydrogen-bond acceptors (Lipinski definition) is 8. The maximum Gasteiger partial charge on any atom is 0.269 e. The second kappa shape index (κ2) is 17.5. The maximum atomic E-state index is 12.9. The minimum absolute atomic E-state index is 0.227. The van der Waals surface area contributed by atoms with Crippen molar-refractivity contribution in [1.29, 1.82) is 0 Å². The second-order valence-corrected chi connectivity index (χ2v) is 12.3. The van der Waals surface area contributed by atoms with Crippen molar-refractivity contribution in [2.24, 2.45) is 0 Å². The lowest BCUT2D eigenvalue weighted by Gasteiger charge is -2.08. The van der Waals surface area contributed by atoms with Gasteiger partial charge in [0.1, 0.15) is 17.1 Å². The van der Waals surface area contributed by atoms with Gasteiger partial charge in [0.15, 0.2) is 0 Å². The molecule has 6 N–H and O–H groups in total. The van der Waals surface area contributed by atoms with E-state index in [2.05, 4.69) is 51.6 Å². The zero-order valence-corrected chi connectivity index (χ0v) is 29.1. The Morgan fingerprint density at radius 3 is 1.72 bits per heavy atom. The van der Waals surface area contributed by atoms with Crippen molar-refractivity contribution >= 4 is 35.2 Å². The number of nitrogens with one attached hydrogen (secondary N) is 6. The van der Waals surface area contributed by atoms with Gasteiger partial charge in [0.25, 0.3) is 23.6 Å². The third-order valence-electron chi connectivity index (χ3n) is 8.03. The molecule has 15 heteroatoms. The smallest absolute Gasteiger partial charge is 0.269 e. The topological polar surface area (TPSA) is 200 Å². The monoisotopic (exact) mass is 730 g/mol. The van der Waals surface area contributed by atoms with Crippen LogP contribution in [-0.2, 0) is 0 Å². The van der Waals surface area contributed by atoms with Gasteiger partial charge < -0.3 is 21.3 Å². The highest BCUT2D eigenvalue weighted by molar-refractivity contribution is 6.30. The van der Waals surface area contributed by atoms with Crippen LogP contribution in [0.2, 0.25) is 5.02 Å². The Hall–Kier alpha value is -6.67. The molecule has 0 aliphatic rings. The van der Waals surface area contributed by atoms with E-state index in [4.69, 9.17) is 11.6 Å². The van der Waals surface area contributed by atoms with E-state index in [1.807, 2.05) is 54.6 Å². The van der Waals surface area contributed by atoms with E-state index in [1.54, 1.807) is 30.5 Å². The van der Waals surface area contributed by atoms with Gasteiger partial charge in [0.2, 0.25) is 0 Å². The van der Waals surface area contributed by atoms with Gasteiger partial charge in [0.05, 0.1) is 17.0 Å². The molecule has 0 saturated carbocycles. The highest BCUT2D eigenvalue weighted by Gasteiger charge is 2.14. The van der Waals surface area contributed by atoms with Gasteiger partial charge in [-0.15, -0.1) is 0 Å². The largest absolute Gasteiger partial charge is 0.352 e. The molecule has 0 fully saturated rings. The number of pyridine rings is 2. The van der Waals surface area contributed by atoms with Crippen LogP contribution in [0.4, 0.5) is 0 Å². The van der Waals surface area contributed by atoms with Crippen LogP contribution in [0.1, 0.15) is 54.7 Å². The lowest BCUT2D eigenvalue weighted by molar-refractivity contribution is 0.0931. The first kappa shape index (κ1) is 36.1. The third kappa shape index (κ3) is 9.77. The molecule has 268 valence electrons. The van der Waals surface area contributed by atoms with E-state index in [1.165, 1.54) is 18.5 Å². The van der Waals surface area contributed by atoms with Gasteiger partial charge in [-0.3, -0.25) is 39.3 Å². The molecule has 0 bridgehead atoms. The average molecular weight is 731 g/mol. The molecule has 14 nitrogen and oxygen atoms in total. The highest BCUT2D eigenvalue weighted by atomic mass is 35.5. The van der Waals surface area contributed by atoms with Crippen molar-refractivity contribution < 1.29 is 19.2 Å². The summed E-state index contributed by atoms with van der Waals surface area (Å²) < 4.78 is 0. The Morgan fingerprint density at radius 1 is 0.566 bits per heavy atom. The van der Waals surface area contributed by atoms with Gasteiger partial charge >= 0.3 is 0 Å². The maximum absolute atomic E-state index is 12.9. The van der Waals surface area contributed by atoms with E-state index >= 15 is 0 Å². The molecular weight excluding hydrogens is 696 g/mol. The van der Waals surface area contributed by atoms with E-state index < -0.39 is 0 Å². The highest BCUT2D eigenvalue weighted by Crippen LogP contribution is 2.24. The van der Waals surface area contributed by atoms with Gasteiger partial charge in [0, 0.05) is 66.5 Å². The quantitative estimate of drug-likeness (QED) is 0.0819. The van der Waals surface area contributed by atoms with Crippen LogP contribution < -0.4 is 21.3 Å². The standard InChI is InChI=1S/C38H35ClN10O4/c39-29-12-17-41-32(19-29)36(51)43-14-5-16-45-38(53)34-21-31(47-49-34)26-10-8-24(9-11-26)27-18-28(23-40-22-27)35(50)42-13-4-15-44-37(52)33-20-30(46-48-33)25-6-2-1-3-7-25/h1-3,6-12,17-23H,4-5,13-16H2,(H,42,50)(H,43,51)(H,44,52)(H,45,53)(H,46,48)(H,47,49). The van der Waals surface area contributed by atoms with Gasteiger partial charge in [-0.2, -0.15) is 10.2 Å². The predicted octanol–water partition coefficient (Wildman–Crippen LogP) is 4.68. The van der Waals surface area contributed by atoms with Crippen molar-refractivity contribution in [2.75, 3.05) is 26.2 Å². The van der Waals surface area contributed by atoms with Gasteiger partial charge in [-0.05, 0) is 48.7 Å². The van der Waals surface area contributed by atoms with E-state index in [0.29, 0.717) is 72.4 Å². The zero-order chi connectivity index (χ0) is 37.0. The molecule has 4 aromatic heterocycles. The molecule has 2 aromatic carbocycles. The van der Waals surface area contributed by atoms with E-state index in [9.17, 15) is 19.2 Å². The van der Waals surface area contributed by atoms with Crippen LogP contribution in [0.25, 0.3) is 33.6 Å². The second-order valence-electron chi connectivity index (χ2n) is 11.8. The summed E-state index contributed by atoms with van der Waals surface area (Å²) in [7, 11) is 0. The number of hydrogen-bond donors (Lipinski definition) is 6. The number of aromatic nitrogens is 6. The first-order chi connectivity index (χ1) is 25.8. The summed E-state index contributed by atoms with van der Waals surface area (Å²) in [6.07, 6.45) is 5.69. The summed E-state index contributed by atoms with van der Waals surface area (Å²) in [6.45, 7) is 1.43. The lowest BCUT2D eigenvalue weighted by Crippen LogP contribution is -2.30. The number of nitrogens with zero attached hydrogens (tertiary/aromatic N) is 4. The fourth-order valence-corrected chi connectivity index (χ4v) is 5.39. The summed E-state index contributed by atoms with van der Waals surface area (Å²) in [4.78, 5) is 58.4. The summed E-state index contributed by atoms with van der Waals surface area (Å²) >= 11 is 5.90. The Labute approximate surface area is 309 Å². The number of halogens is 1. The van der Waals surface area contributed by atoms with E-state index in [-0.39, 0.29) is 29.3 Å². The number of carbonyl (C=O) groups excluding carboxylic acids is 4. The number of amides is 4. The molecule has 4 amide bonds.